The van der Waals surface area contributed by atoms with E-state index < -0.39 is 16.6 Å². The molecule has 35 heavy (non-hydrogen) atoms. The summed E-state index contributed by atoms with van der Waals surface area (Å²) in [7, 11) is -3.78. The van der Waals surface area contributed by atoms with Crippen LogP contribution in [0.4, 0.5) is 0 Å². The second kappa shape index (κ2) is 12.4. The van der Waals surface area contributed by atoms with Crippen LogP contribution < -0.4 is 0 Å². The lowest BCUT2D eigenvalue weighted by atomic mass is 9.89. The Morgan fingerprint density at radius 3 is 2.06 bits per heavy atom. The maximum atomic E-state index is 6.94. The maximum Gasteiger partial charge on any atom is 0.192 e. The zero-order valence-electron chi connectivity index (χ0n) is 24.6. The van der Waals surface area contributed by atoms with Gasteiger partial charge in [0.1, 0.15) is 6.10 Å². The average Bonchev–Trinajstić information content (AvgIpc) is 2.73. The van der Waals surface area contributed by atoms with E-state index in [9.17, 15) is 0 Å². The molecule has 202 valence electrons. The Kier molecular flexibility index (Phi) is 10.8. The highest BCUT2D eigenvalue weighted by molar-refractivity contribution is 6.74. The second-order valence-corrected chi connectivity index (χ2v) is 23.2. The fraction of sp³-hybridized carbons (Fsp3) is 0.793. The van der Waals surface area contributed by atoms with E-state index in [4.69, 9.17) is 18.3 Å². The molecule has 0 amide bonds. The first-order valence-electron chi connectivity index (χ1n) is 13.6. The van der Waals surface area contributed by atoms with Crippen molar-refractivity contribution in [1.29, 1.82) is 0 Å². The van der Waals surface area contributed by atoms with Gasteiger partial charge >= 0.3 is 0 Å². The Morgan fingerprint density at radius 2 is 1.49 bits per heavy atom. The fourth-order valence-corrected chi connectivity index (χ4v) is 6.32. The van der Waals surface area contributed by atoms with Gasteiger partial charge in [-0.25, -0.2) is 0 Å². The van der Waals surface area contributed by atoms with Gasteiger partial charge in [0.15, 0.2) is 16.6 Å². The first kappa shape index (κ1) is 30.7. The van der Waals surface area contributed by atoms with Crippen LogP contribution in [0.3, 0.4) is 0 Å². The van der Waals surface area contributed by atoms with E-state index in [-0.39, 0.29) is 28.4 Å². The molecule has 1 aromatic carbocycles. The molecule has 6 heteroatoms. The van der Waals surface area contributed by atoms with E-state index in [0.29, 0.717) is 19.1 Å². The van der Waals surface area contributed by atoms with Crippen molar-refractivity contribution in [2.45, 2.75) is 129 Å². The quantitative estimate of drug-likeness (QED) is 0.217. The molecule has 0 aliphatic carbocycles. The van der Waals surface area contributed by atoms with Crippen LogP contribution >= 0.6 is 0 Å². The lowest BCUT2D eigenvalue weighted by molar-refractivity contribution is -0.152. The van der Waals surface area contributed by atoms with Gasteiger partial charge in [-0.1, -0.05) is 78.8 Å². The lowest BCUT2D eigenvalue weighted by Gasteiger charge is -2.47. The van der Waals surface area contributed by atoms with Crippen molar-refractivity contribution in [3.05, 3.63) is 35.9 Å². The normalized spacial score (nSPS) is 24.5. The van der Waals surface area contributed by atoms with Crippen molar-refractivity contribution in [2.24, 2.45) is 5.92 Å². The Bertz CT molecular complexity index is 752. The Hall–Kier alpha value is -0.506. The van der Waals surface area contributed by atoms with Crippen LogP contribution in [0.15, 0.2) is 30.3 Å². The number of hydrogen-bond acceptors (Lipinski definition) is 4. The third kappa shape index (κ3) is 9.08. The highest BCUT2D eigenvalue weighted by atomic mass is 28.4. The third-order valence-electron chi connectivity index (χ3n) is 8.56. The zero-order valence-corrected chi connectivity index (χ0v) is 26.6. The summed E-state index contributed by atoms with van der Waals surface area (Å²) in [4.78, 5) is 0. The van der Waals surface area contributed by atoms with Crippen LogP contribution in [0.25, 0.3) is 0 Å². The van der Waals surface area contributed by atoms with Crippen molar-refractivity contribution >= 4 is 16.6 Å². The molecule has 1 aromatic rings. The van der Waals surface area contributed by atoms with Gasteiger partial charge in [-0.3, -0.25) is 0 Å². The Morgan fingerprint density at radius 1 is 0.886 bits per heavy atom. The standard InChI is InChI=1S/C29H54O4Si2/c1-23-20-26(33-35(10,11)29(5,6)7)27(22-31-34(8,9)28(2,3)4)32-25(23)18-15-19-30-21-24-16-13-12-14-17-24/h12-14,16-17,23,25-27H,15,18-22H2,1-11H3/t23-,25-,26-,27+/m0/s1. The van der Waals surface area contributed by atoms with Crippen LogP contribution in [0.2, 0.25) is 36.3 Å². The topological polar surface area (TPSA) is 36.9 Å². The maximum absolute atomic E-state index is 6.94. The molecule has 0 saturated carbocycles. The first-order chi connectivity index (χ1) is 16.0. The van der Waals surface area contributed by atoms with Crippen LogP contribution in [0.1, 0.15) is 73.3 Å². The number of benzene rings is 1. The van der Waals surface area contributed by atoms with Crippen LogP contribution in [-0.4, -0.2) is 48.2 Å². The van der Waals surface area contributed by atoms with Crippen molar-refractivity contribution in [3.8, 4) is 0 Å². The molecule has 4 atom stereocenters. The summed E-state index contributed by atoms with van der Waals surface area (Å²) >= 11 is 0. The average molecular weight is 523 g/mol. The van der Waals surface area contributed by atoms with Crippen molar-refractivity contribution in [2.75, 3.05) is 13.2 Å². The van der Waals surface area contributed by atoms with Crippen LogP contribution in [-0.2, 0) is 24.9 Å². The minimum Gasteiger partial charge on any atom is -0.414 e. The molecule has 0 radical (unpaired) electrons. The number of ether oxygens (including phenoxy) is 2. The largest absolute Gasteiger partial charge is 0.414 e. The summed E-state index contributed by atoms with van der Waals surface area (Å²) in [5.41, 5.74) is 1.23. The molecule has 1 fully saturated rings. The molecule has 1 aliphatic rings. The van der Waals surface area contributed by atoms with Crippen LogP contribution in [0, 0.1) is 5.92 Å². The zero-order chi connectivity index (χ0) is 26.5. The SMILES string of the molecule is C[C@H]1C[C@H](O[Si](C)(C)C(C)(C)C)[C@@H](CO[Si](C)(C)C(C)(C)C)O[C@H]1CCCOCc1ccccc1. The van der Waals surface area contributed by atoms with E-state index in [1.807, 2.05) is 6.07 Å². The van der Waals surface area contributed by atoms with Crippen molar-refractivity contribution in [1.82, 2.24) is 0 Å². The molecule has 4 nitrogen and oxygen atoms in total. The van der Waals surface area contributed by atoms with Gasteiger partial charge in [0, 0.05) is 6.61 Å². The monoisotopic (exact) mass is 522 g/mol. The third-order valence-corrected chi connectivity index (χ3v) is 17.6. The Labute approximate surface area is 218 Å². The van der Waals surface area contributed by atoms with Gasteiger partial charge in [-0.05, 0) is 67.0 Å². The highest BCUT2D eigenvalue weighted by Crippen LogP contribution is 2.41. The van der Waals surface area contributed by atoms with Gasteiger partial charge in [0.25, 0.3) is 0 Å². The van der Waals surface area contributed by atoms with Gasteiger partial charge < -0.3 is 18.3 Å². The predicted molar refractivity (Wildman–Crippen MR) is 153 cm³/mol. The molecule has 0 spiro atoms. The number of rotatable bonds is 11. The summed E-state index contributed by atoms with van der Waals surface area (Å²) in [6.07, 6.45) is 3.37. The van der Waals surface area contributed by atoms with Crippen molar-refractivity contribution in [3.63, 3.8) is 0 Å². The van der Waals surface area contributed by atoms with E-state index >= 15 is 0 Å². The Balaban J connectivity index is 2.00. The highest BCUT2D eigenvalue weighted by Gasteiger charge is 2.45. The van der Waals surface area contributed by atoms with Gasteiger partial charge in [0.2, 0.25) is 0 Å². The molecule has 2 rings (SSSR count). The summed E-state index contributed by atoms with van der Waals surface area (Å²) < 4.78 is 26.3. The molecule has 0 unspecified atom stereocenters. The minimum absolute atomic E-state index is 0.00955. The molecular weight excluding hydrogens is 468 g/mol. The molecule has 0 bridgehead atoms. The van der Waals surface area contributed by atoms with E-state index in [1.165, 1.54) is 5.56 Å². The lowest BCUT2D eigenvalue weighted by Crippen LogP contribution is -2.54. The van der Waals surface area contributed by atoms with Crippen LogP contribution in [0.5, 0.6) is 0 Å². The summed E-state index contributed by atoms with van der Waals surface area (Å²) in [6, 6.07) is 10.4. The summed E-state index contributed by atoms with van der Waals surface area (Å²) in [6.45, 7) is 27.5. The minimum atomic E-state index is -1.91. The molecular formula is C29H54O4Si2. The predicted octanol–water partition coefficient (Wildman–Crippen LogP) is 8.19. The summed E-state index contributed by atoms with van der Waals surface area (Å²) in [5.74, 6) is 0.461. The molecule has 0 N–H and O–H groups in total. The second-order valence-electron chi connectivity index (χ2n) is 13.6. The number of hydrogen-bond donors (Lipinski definition) is 0. The molecule has 1 saturated heterocycles. The van der Waals surface area contributed by atoms with Crippen molar-refractivity contribution < 1.29 is 18.3 Å². The van der Waals surface area contributed by atoms with E-state index in [0.717, 1.165) is 25.9 Å². The molecule has 1 aliphatic heterocycles. The van der Waals surface area contributed by atoms with Gasteiger partial charge in [0.05, 0.1) is 25.4 Å². The summed E-state index contributed by atoms with van der Waals surface area (Å²) in [5, 5.41) is 0.355. The van der Waals surface area contributed by atoms with E-state index in [1.54, 1.807) is 0 Å². The van der Waals surface area contributed by atoms with Gasteiger partial charge in [-0.2, -0.15) is 0 Å². The fourth-order valence-electron chi connectivity index (χ4n) is 3.95. The first-order valence-corrected chi connectivity index (χ1v) is 19.4. The molecule has 0 aromatic heterocycles. The molecule has 1 heterocycles. The smallest absolute Gasteiger partial charge is 0.192 e. The van der Waals surface area contributed by atoms with Gasteiger partial charge in [-0.15, -0.1) is 0 Å². The van der Waals surface area contributed by atoms with E-state index in [2.05, 4.69) is 98.9 Å².